The Labute approximate surface area is 82.9 Å². The molecule has 0 heterocycles. The van der Waals surface area contributed by atoms with Crippen molar-refractivity contribution in [2.75, 3.05) is 0 Å². The standard InChI is InChI=1S/C12H24O/c1-5-7-8-12(13)9-11(6-2)10(3)4/h10-11H,5-9H2,1-4H3. The second-order valence-electron chi connectivity index (χ2n) is 4.26. The van der Waals surface area contributed by atoms with Gasteiger partial charge in [-0.15, -0.1) is 0 Å². The van der Waals surface area contributed by atoms with Crippen LogP contribution in [0.1, 0.15) is 59.8 Å². The highest BCUT2D eigenvalue weighted by Crippen LogP contribution is 2.20. The van der Waals surface area contributed by atoms with Gasteiger partial charge in [0.05, 0.1) is 0 Å². The van der Waals surface area contributed by atoms with Crippen molar-refractivity contribution in [2.45, 2.75) is 59.8 Å². The molecular formula is C12H24O. The number of unbranched alkanes of at least 4 members (excludes halogenated alkanes) is 1. The Morgan fingerprint density at radius 1 is 1.23 bits per heavy atom. The highest BCUT2D eigenvalue weighted by molar-refractivity contribution is 5.78. The van der Waals surface area contributed by atoms with E-state index in [0.717, 1.165) is 32.1 Å². The SMILES string of the molecule is CCCCC(=O)CC(CC)C(C)C. The first-order valence-electron chi connectivity index (χ1n) is 5.63. The number of hydrogen-bond acceptors (Lipinski definition) is 1. The molecule has 0 aromatic carbocycles. The van der Waals surface area contributed by atoms with E-state index in [1.807, 2.05) is 0 Å². The van der Waals surface area contributed by atoms with Crippen molar-refractivity contribution in [3.8, 4) is 0 Å². The average molecular weight is 184 g/mol. The van der Waals surface area contributed by atoms with Crippen LogP contribution in [0.25, 0.3) is 0 Å². The molecule has 0 aliphatic rings. The second-order valence-corrected chi connectivity index (χ2v) is 4.26. The van der Waals surface area contributed by atoms with Crippen LogP contribution in [0.2, 0.25) is 0 Å². The molecule has 0 aromatic heterocycles. The van der Waals surface area contributed by atoms with E-state index in [1.165, 1.54) is 0 Å². The lowest BCUT2D eigenvalue weighted by atomic mass is 9.87. The van der Waals surface area contributed by atoms with Gasteiger partial charge in [0.2, 0.25) is 0 Å². The van der Waals surface area contributed by atoms with Gasteiger partial charge in [-0.1, -0.05) is 40.5 Å². The third kappa shape index (κ3) is 5.84. The molecule has 1 unspecified atom stereocenters. The zero-order chi connectivity index (χ0) is 10.3. The Bertz CT molecular complexity index is 138. The van der Waals surface area contributed by atoms with Crippen LogP contribution in [-0.2, 0) is 4.79 Å². The fraction of sp³-hybridized carbons (Fsp3) is 0.917. The van der Waals surface area contributed by atoms with E-state index in [-0.39, 0.29) is 0 Å². The highest BCUT2D eigenvalue weighted by atomic mass is 16.1. The minimum absolute atomic E-state index is 0.461. The number of rotatable bonds is 7. The summed E-state index contributed by atoms with van der Waals surface area (Å²) in [5.41, 5.74) is 0. The van der Waals surface area contributed by atoms with E-state index < -0.39 is 0 Å². The molecule has 0 bridgehead atoms. The van der Waals surface area contributed by atoms with Crippen molar-refractivity contribution in [1.29, 1.82) is 0 Å². The molecule has 0 fully saturated rings. The molecule has 78 valence electrons. The summed E-state index contributed by atoms with van der Waals surface area (Å²) in [5, 5.41) is 0. The summed E-state index contributed by atoms with van der Waals surface area (Å²) < 4.78 is 0. The fourth-order valence-electron chi connectivity index (χ4n) is 1.62. The van der Waals surface area contributed by atoms with E-state index >= 15 is 0 Å². The lowest BCUT2D eigenvalue weighted by Crippen LogP contribution is -2.13. The van der Waals surface area contributed by atoms with E-state index in [4.69, 9.17) is 0 Å². The van der Waals surface area contributed by atoms with Gasteiger partial charge in [-0.3, -0.25) is 4.79 Å². The van der Waals surface area contributed by atoms with E-state index in [9.17, 15) is 4.79 Å². The van der Waals surface area contributed by atoms with Crippen LogP contribution in [0.4, 0.5) is 0 Å². The molecule has 1 heteroatoms. The number of ketones is 1. The van der Waals surface area contributed by atoms with Crippen LogP contribution in [0, 0.1) is 11.8 Å². The van der Waals surface area contributed by atoms with Crippen molar-refractivity contribution in [2.24, 2.45) is 11.8 Å². The first kappa shape index (κ1) is 12.7. The van der Waals surface area contributed by atoms with E-state index in [0.29, 0.717) is 17.6 Å². The minimum Gasteiger partial charge on any atom is -0.300 e. The Kier molecular flexibility index (Phi) is 6.93. The normalized spacial score (nSPS) is 13.3. The van der Waals surface area contributed by atoms with Gasteiger partial charge in [-0.05, 0) is 18.3 Å². The van der Waals surface area contributed by atoms with Gasteiger partial charge in [0.15, 0.2) is 0 Å². The van der Waals surface area contributed by atoms with Crippen molar-refractivity contribution < 1.29 is 4.79 Å². The molecule has 0 radical (unpaired) electrons. The third-order valence-corrected chi connectivity index (χ3v) is 2.77. The van der Waals surface area contributed by atoms with Crippen molar-refractivity contribution in [1.82, 2.24) is 0 Å². The zero-order valence-electron chi connectivity index (χ0n) is 9.60. The summed E-state index contributed by atoms with van der Waals surface area (Å²) in [7, 11) is 0. The fourth-order valence-corrected chi connectivity index (χ4v) is 1.62. The zero-order valence-corrected chi connectivity index (χ0v) is 9.60. The molecule has 1 atom stereocenters. The van der Waals surface area contributed by atoms with Gasteiger partial charge in [-0.2, -0.15) is 0 Å². The highest BCUT2D eigenvalue weighted by Gasteiger charge is 2.14. The monoisotopic (exact) mass is 184 g/mol. The number of carbonyl (C=O) groups is 1. The Morgan fingerprint density at radius 2 is 1.85 bits per heavy atom. The van der Waals surface area contributed by atoms with Gasteiger partial charge in [-0.25, -0.2) is 0 Å². The summed E-state index contributed by atoms with van der Waals surface area (Å²) >= 11 is 0. The first-order valence-corrected chi connectivity index (χ1v) is 5.63. The number of Topliss-reactive ketones (excluding diaryl/α,β-unsaturated/α-hetero) is 1. The predicted molar refractivity (Wildman–Crippen MR) is 57.8 cm³/mol. The molecule has 0 rings (SSSR count). The third-order valence-electron chi connectivity index (χ3n) is 2.77. The smallest absolute Gasteiger partial charge is 0.133 e. The molecule has 0 saturated carbocycles. The molecule has 0 spiro atoms. The Balaban J connectivity index is 3.73. The van der Waals surface area contributed by atoms with Gasteiger partial charge in [0.1, 0.15) is 5.78 Å². The molecule has 13 heavy (non-hydrogen) atoms. The molecule has 0 amide bonds. The maximum absolute atomic E-state index is 11.5. The first-order chi connectivity index (χ1) is 6.11. The summed E-state index contributed by atoms with van der Waals surface area (Å²) in [6.07, 6.45) is 4.92. The topological polar surface area (TPSA) is 17.1 Å². The lowest BCUT2D eigenvalue weighted by Gasteiger charge is -2.17. The van der Waals surface area contributed by atoms with Gasteiger partial charge >= 0.3 is 0 Å². The molecular weight excluding hydrogens is 160 g/mol. The van der Waals surface area contributed by atoms with Gasteiger partial charge < -0.3 is 0 Å². The van der Waals surface area contributed by atoms with Crippen LogP contribution >= 0.6 is 0 Å². The van der Waals surface area contributed by atoms with Crippen molar-refractivity contribution in [3.05, 3.63) is 0 Å². The number of carbonyl (C=O) groups excluding carboxylic acids is 1. The predicted octanol–water partition coefficient (Wildman–Crippen LogP) is 3.82. The molecule has 0 aromatic rings. The maximum Gasteiger partial charge on any atom is 0.133 e. The van der Waals surface area contributed by atoms with Crippen molar-refractivity contribution in [3.63, 3.8) is 0 Å². The lowest BCUT2D eigenvalue weighted by molar-refractivity contribution is -0.120. The maximum atomic E-state index is 11.5. The van der Waals surface area contributed by atoms with E-state index in [2.05, 4.69) is 27.7 Å². The summed E-state index contributed by atoms with van der Waals surface area (Å²) in [4.78, 5) is 11.5. The average Bonchev–Trinajstić information content (AvgIpc) is 2.10. The van der Waals surface area contributed by atoms with Crippen molar-refractivity contribution >= 4 is 5.78 Å². The van der Waals surface area contributed by atoms with Crippen LogP contribution < -0.4 is 0 Å². The van der Waals surface area contributed by atoms with Gasteiger partial charge in [0.25, 0.3) is 0 Å². The summed E-state index contributed by atoms with van der Waals surface area (Å²) in [6, 6.07) is 0. The second kappa shape index (κ2) is 7.11. The molecule has 0 N–H and O–H groups in total. The molecule has 0 saturated heterocycles. The Hall–Kier alpha value is -0.330. The minimum atomic E-state index is 0.461. The Morgan fingerprint density at radius 3 is 2.23 bits per heavy atom. The summed E-state index contributed by atoms with van der Waals surface area (Å²) in [5.74, 6) is 1.71. The molecule has 0 aliphatic carbocycles. The largest absolute Gasteiger partial charge is 0.300 e. The van der Waals surface area contributed by atoms with Crippen LogP contribution in [0.5, 0.6) is 0 Å². The summed E-state index contributed by atoms with van der Waals surface area (Å²) in [6.45, 7) is 8.73. The molecule has 1 nitrogen and oxygen atoms in total. The van der Waals surface area contributed by atoms with Gasteiger partial charge in [0, 0.05) is 12.8 Å². The van der Waals surface area contributed by atoms with Crippen LogP contribution in [0.3, 0.4) is 0 Å². The quantitative estimate of drug-likeness (QED) is 0.588. The van der Waals surface area contributed by atoms with Crippen LogP contribution in [0.15, 0.2) is 0 Å². The molecule has 0 aliphatic heterocycles. The number of hydrogen-bond donors (Lipinski definition) is 0. The van der Waals surface area contributed by atoms with E-state index in [1.54, 1.807) is 0 Å². The van der Waals surface area contributed by atoms with Crippen LogP contribution in [-0.4, -0.2) is 5.78 Å².